The van der Waals surface area contributed by atoms with Crippen LogP contribution in [-0.4, -0.2) is 50.1 Å². The average Bonchev–Trinajstić information content (AvgIpc) is 3.18. The first kappa shape index (κ1) is 16.3. The van der Waals surface area contributed by atoms with Crippen LogP contribution in [0.4, 0.5) is 0 Å². The first-order valence-electron chi connectivity index (χ1n) is 7.97. The van der Waals surface area contributed by atoms with Crippen molar-refractivity contribution in [1.82, 2.24) is 30.3 Å². The van der Waals surface area contributed by atoms with Crippen molar-refractivity contribution in [2.75, 3.05) is 13.2 Å². The van der Waals surface area contributed by atoms with Crippen LogP contribution >= 0.6 is 0 Å². The number of carbonyl (C=O) groups is 1. The van der Waals surface area contributed by atoms with E-state index in [9.17, 15) is 9.59 Å². The Bertz CT molecular complexity index is 763. The zero-order valence-corrected chi connectivity index (χ0v) is 13.5. The zero-order chi connectivity index (χ0) is 16.9. The summed E-state index contributed by atoms with van der Waals surface area (Å²) in [6.07, 6.45) is 4.26. The number of H-pyrrole nitrogens is 1. The summed E-state index contributed by atoms with van der Waals surface area (Å²) < 4.78 is 7.16. The molecular weight excluding hydrogens is 312 g/mol. The number of rotatable bonds is 6. The van der Waals surface area contributed by atoms with E-state index >= 15 is 0 Å². The van der Waals surface area contributed by atoms with Gasteiger partial charge in [-0.1, -0.05) is 5.21 Å². The molecule has 2 N–H and O–H groups in total. The quantitative estimate of drug-likeness (QED) is 0.758. The molecule has 1 unspecified atom stereocenters. The number of hydrogen-bond donors (Lipinski definition) is 2. The van der Waals surface area contributed by atoms with Gasteiger partial charge >= 0.3 is 0 Å². The van der Waals surface area contributed by atoms with Crippen molar-refractivity contribution in [1.29, 1.82) is 0 Å². The van der Waals surface area contributed by atoms with E-state index < -0.39 is 0 Å². The lowest BCUT2D eigenvalue weighted by atomic mass is 10.2. The standard InChI is InChI=1S/C15H20N6O3/c1-10-7-14(22)18-13(17-10)4-5-16-15(23)12-9-21(20-19-12)8-11-3-2-6-24-11/h7,9,11H,2-6,8H2,1H3,(H,16,23)(H,17,18,22). The number of ether oxygens (including phenoxy) is 1. The maximum atomic E-state index is 12.1. The van der Waals surface area contributed by atoms with Crippen LogP contribution in [0.2, 0.25) is 0 Å². The monoisotopic (exact) mass is 332 g/mol. The Morgan fingerprint density at radius 2 is 2.42 bits per heavy atom. The van der Waals surface area contributed by atoms with Gasteiger partial charge in [0, 0.05) is 31.3 Å². The summed E-state index contributed by atoms with van der Waals surface area (Å²) in [7, 11) is 0. The van der Waals surface area contributed by atoms with Crippen LogP contribution in [0, 0.1) is 6.92 Å². The molecule has 1 aliphatic rings. The molecule has 0 bridgehead atoms. The van der Waals surface area contributed by atoms with Gasteiger partial charge in [0.15, 0.2) is 5.69 Å². The molecule has 1 fully saturated rings. The number of amides is 1. The smallest absolute Gasteiger partial charge is 0.273 e. The van der Waals surface area contributed by atoms with Crippen LogP contribution in [0.5, 0.6) is 0 Å². The van der Waals surface area contributed by atoms with Crippen molar-refractivity contribution >= 4 is 5.91 Å². The normalized spacial score (nSPS) is 17.1. The average molecular weight is 332 g/mol. The Morgan fingerprint density at radius 1 is 1.54 bits per heavy atom. The SMILES string of the molecule is Cc1cc(=O)[nH]c(CCNC(=O)c2cn(CC3CCCO3)nn2)n1. The van der Waals surface area contributed by atoms with E-state index in [1.54, 1.807) is 17.8 Å². The van der Waals surface area contributed by atoms with Crippen LogP contribution in [-0.2, 0) is 17.7 Å². The molecule has 3 rings (SSSR count). The van der Waals surface area contributed by atoms with Gasteiger partial charge in [-0.3, -0.25) is 9.59 Å². The highest BCUT2D eigenvalue weighted by atomic mass is 16.5. The Labute approximate surface area is 138 Å². The molecule has 0 spiro atoms. The molecule has 0 radical (unpaired) electrons. The molecule has 3 heterocycles. The van der Waals surface area contributed by atoms with Gasteiger partial charge in [0.05, 0.1) is 18.8 Å². The minimum atomic E-state index is -0.302. The van der Waals surface area contributed by atoms with Gasteiger partial charge < -0.3 is 15.0 Å². The third kappa shape index (κ3) is 4.25. The maximum Gasteiger partial charge on any atom is 0.273 e. The molecule has 2 aromatic heterocycles. The van der Waals surface area contributed by atoms with E-state index in [1.165, 1.54) is 6.07 Å². The van der Waals surface area contributed by atoms with Crippen molar-refractivity contribution < 1.29 is 9.53 Å². The molecular formula is C15H20N6O3. The molecule has 2 aromatic rings. The molecule has 0 saturated carbocycles. The molecule has 9 heteroatoms. The Hall–Kier alpha value is -2.55. The fraction of sp³-hybridized carbons (Fsp3) is 0.533. The number of nitrogens with zero attached hydrogens (tertiary/aromatic N) is 4. The number of aromatic amines is 1. The highest BCUT2D eigenvalue weighted by molar-refractivity contribution is 5.91. The van der Waals surface area contributed by atoms with E-state index in [0.717, 1.165) is 19.4 Å². The van der Waals surface area contributed by atoms with Crippen molar-refractivity contribution in [3.05, 3.63) is 39.8 Å². The van der Waals surface area contributed by atoms with Crippen LogP contribution in [0.1, 0.15) is 34.8 Å². The van der Waals surface area contributed by atoms with E-state index in [-0.39, 0.29) is 23.3 Å². The third-order valence-electron chi connectivity index (χ3n) is 3.75. The maximum absolute atomic E-state index is 12.1. The molecule has 128 valence electrons. The van der Waals surface area contributed by atoms with E-state index in [1.807, 2.05) is 0 Å². The van der Waals surface area contributed by atoms with Gasteiger partial charge in [0.2, 0.25) is 0 Å². The summed E-state index contributed by atoms with van der Waals surface area (Å²) in [5.41, 5.74) is 0.719. The van der Waals surface area contributed by atoms with Crippen LogP contribution in [0.3, 0.4) is 0 Å². The molecule has 0 aromatic carbocycles. The Kier molecular flexibility index (Phi) is 4.99. The summed E-state index contributed by atoms with van der Waals surface area (Å²) in [5.74, 6) is 0.242. The predicted octanol–water partition coefficient (Wildman–Crippen LogP) is -0.179. The second-order valence-corrected chi connectivity index (χ2v) is 5.80. The van der Waals surface area contributed by atoms with Crippen molar-refractivity contribution in [3.8, 4) is 0 Å². The molecule has 24 heavy (non-hydrogen) atoms. The number of aryl methyl sites for hydroxylation is 1. The van der Waals surface area contributed by atoms with Gasteiger partial charge in [0.1, 0.15) is 5.82 Å². The topological polar surface area (TPSA) is 115 Å². The number of carbonyl (C=O) groups excluding carboxylic acids is 1. The lowest BCUT2D eigenvalue weighted by Crippen LogP contribution is -2.27. The fourth-order valence-corrected chi connectivity index (χ4v) is 2.63. The highest BCUT2D eigenvalue weighted by Gasteiger charge is 2.18. The molecule has 1 aliphatic heterocycles. The predicted molar refractivity (Wildman–Crippen MR) is 84.6 cm³/mol. The van der Waals surface area contributed by atoms with Crippen molar-refractivity contribution in [3.63, 3.8) is 0 Å². The summed E-state index contributed by atoms with van der Waals surface area (Å²) >= 11 is 0. The largest absolute Gasteiger partial charge is 0.376 e. The fourth-order valence-electron chi connectivity index (χ4n) is 2.63. The summed E-state index contributed by atoms with van der Waals surface area (Å²) in [6.45, 7) is 3.49. The number of aromatic nitrogens is 5. The number of hydrogen-bond acceptors (Lipinski definition) is 6. The zero-order valence-electron chi connectivity index (χ0n) is 13.5. The minimum Gasteiger partial charge on any atom is -0.376 e. The molecule has 0 aliphatic carbocycles. The summed E-state index contributed by atoms with van der Waals surface area (Å²) in [4.78, 5) is 30.3. The van der Waals surface area contributed by atoms with E-state index in [0.29, 0.717) is 31.0 Å². The van der Waals surface area contributed by atoms with Crippen LogP contribution in [0.25, 0.3) is 0 Å². The van der Waals surface area contributed by atoms with E-state index in [2.05, 4.69) is 25.6 Å². The van der Waals surface area contributed by atoms with Gasteiger partial charge in [-0.15, -0.1) is 5.10 Å². The lowest BCUT2D eigenvalue weighted by Gasteiger charge is -2.07. The van der Waals surface area contributed by atoms with E-state index in [4.69, 9.17) is 4.74 Å². The molecule has 1 atom stereocenters. The Balaban J connectivity index is 1.49. The van der Waals surface area contributed by atoms with Crippen molar-refractivity contribution in [2.45, 2.75) is 38.8 Å². The molecule has 1 saturated heterocycles. The van der Waals surface area contributed by atoms with Crippen LogP contribution in [0.15, 0.2) is 17.1 Å². The number of nitrogens with one attached hydrogen (secondary N) is 2. The van der Waals surface area contributed by atoms with Crippen LogP contribution < -0.4 is 10.9 Å². The first-order chi connectivity index (χ1) is 11.6. The summed E-state index contributed by atoms with van der Waals surface area (Å²) in [6, 6.07) is 1.43. The molecule has 9 nitrogen and oxygen atoms in total. The minimum absolute atomic E-state index is 0.145. The lowest BCUT2D eigenvalue weighted by molar-refractivity contribution is 0.0930. The summed E-state index contributed by atoms with van der Waals surface area (Å²) in [5, 5.41) is 10.6. The van der Waals surface area contributed by atoms with Crippen molar-refractivity contribution in [2.24, 2.45) is 0 Å². The Morgan fingerprint density at radius 3 is 3.17 bits per heavy atom. The molecule has 1 amide bonds. The first-order valence-corrected chi connectivity index (χ1v) is 7.97. The second kappa shape index (κ2) is 7.35. The van der Waals surface area contributed by atoms with Gasteiger partial charge in [-0.2, -0.15) is 0 Å². The highest BCUT2D eigenvalue weighted by Crippen LogP contribution is 2.13. The van der Waals surface area contributed by atoms with Gasteiger partial charge in [-0.05, 0) is 19.8 Å². The second-order valence-electron chi connectivity index (χ2n) is 5.80. The van der Waals surface area contributed by atoms with Gasteiger partial charge in [0.25, 0.3) is 11.5 Å². The third-order valence-corrected chi connectivity index (χ3v) is 3.75. The van der Waals surface area contributed by atoms with Gasteiger partial charge in [-0.25, -0.2) is 9.67 Å².